The minimum absolute atomic E-state index is 0.114. The highest BCUT2D eigenvalue weighted by atomic mass is 32.2. The van der Waals surface area contributed by atoms with Crippen LogP contribution in [0.25, 0.3) is 0 Å². The number of ketones is 2. The number of thioether (sulfide) groups is 1. The van der Waals surface area contributed by atoms with Gasteiger partial charge in [-0.25, -0.2) is 4.79 Å². The van der Waals surface area contributed by atoms with Crippen LogP contribution in [0.2, 0.25) is 0 Å². The van der Waals surface area contributed by atoms with Gasteiger partial charge in [0.25, 0.3) is 5.91 Å². The number of nitrogens with zero attached hydrogens (tertiary/aromatic N) is 1. The molecule has 0 fully saturated rings. The van der Waals surface area contributed by atoms with E-state index in [1.165, 1.54) is 20.2 Å². The number of carbonyl (C=O) groups is 4. The molecular formula is C14H15N3O6S. The zero-order valence-electron chi connectivity index (χ0n) is 13.0. The first-order valence-corrected chi connectivity index (χ1v) is 7.95. The van der Waals surface area contributed by atoms with Crippen LogP contribution in [-0.2, 0) is 4.74 Å². The Hall–Kier alpha value is -2.62. The van der Waals surface area contributed by atoms with Gasteiger partial charge in [0.15, 0.2) is 5.69 Å². The standard InChI is InChI=1S/C14H15N3O6S/c1-15-13(20)10-9-11(19)8(6-7(18)12(9)23-17-10)24-5-3-4-16-14(21)22-2/h6H,3-5H2,1-2H3,(H,15,20)(H,16,21). The van der Waals surface area contributed by atoms with Gasteiger partial charge in [0.1, 0.15) is 5.56 Å². The molecule has 0 radical (unpaired) electrons. The van der Waals surface area contributed by atoms with Gasteiger partial charge in [0, 0.05) is 19.7 Å². The average Bonchev–Trinajstić information content (AvgIpc) is 3.03. The topological polar surface area (TPSA) is 128 Å². The second-order valence-corrected chi connectivity index (χ2v) is 5.77. The lowest BCUT2D eigenvalue weighted by molar-refractivity contribution is 0.0944. The maximum absolute atomic E-state index is 12.5. The number of aromatic nitrogens is 1. The number of ether oxygens (including phenoxy) is 1. The van der Waals surface area contributed by atoms with Crippen LogP contribution in [0.5, 0.6) is 0 Å². The molecule has 0 atom stereocenters. The van der Waals surface area contributed by atoms with E-state index in [0.29, 0.717) is 18.7 Å². The smallest absolute Gasteiger partial charge is 0.406 e. The van der Waals surface area contributed by atoms with Crippen LogP contribution in [0.3, 0.4) is 0 Å². The van der Waals surface area contributed by atoms with Gasteiger partial charge in [-0.3, -0.25) is 14.4 Å². The Bertz CT molecular complexity index is 724. The Morgan fingerprint density at radius 1 is 1.38 bits per heavy atom. The number of allylic oxidation sites excluding steroid dienone is 2. The largest absolute Gasteiger partial charge is 0.453 e. The summed E-state index contributed by atoms with van der Waals surface area (Å²) in [7, 11) is 2.65. The van der Waals surface area contributed by atoms with Crippen molar-refractivity contribution in [2.24, 2.45) is 0 Å². The van der Waals surface area contributed by atoms with Gasteiger partial charge in [-0.2, -0.15) is 0 Å². The Morgan fingerprint density at radius 2 is 2.12 bits per heavy atom. The number of hydrogen-bond donors (Lipinski definition) is 2. The van der Waals surface area contributed by atoms with Gasteiger partial charge in [-0.1, -0.05) is 5.16 Å². The number of Topliss-reactive ketones (excluding diaryl/α,β-unsaturated/α-hetero) is 1. The molecule has 0 saturated carbocycles. The summed E-state index contributed by atoms with van der Waals surface area (Å²) in [6, 6.07) is 0. The number of hydrogen-bond acceptors (Lipinski definition) is 8. The van der Waals surface area contributed by atoms with Crippen LogP contribution in [0.1, 0.15) is 37.8 Å². The van der Waals surface area contributed by atoms with Crippen LogP contribution in [-0.4, -0.2) is 55.2 Å². The predicted molar refractivity (Wildman–Crippen MR) is 84.1 cm³/mol. The Labute approximate surface area is 141 Å². The number of fused-ring (bicyclic) bond motifs is 1. The number of methoxy groups -OCH3 is 1. The van der Waals surface area contributed by atoms with Gasteiger partial charge in [0.05, 0.1) is 12.0 Å². The van der Waals surface area contributed by atoms with Gasteiger partial charge < -0.3 is 19.9 Å². The van der Waals surface area contributed by atoms with E-state index in [1.807, 2.05) is 0 Å². The lowest BCUT2D eigenvalue weighted by atomic mass is 10.00. The number of rotatable bonds is 6. The fourth-order valence-corrected chi connectivity index (χ4v) is 2.87. The van der Waals surface area contributed by atoms with E-state index in [1.54, 1.807) is 0 Å². The normalized spacial score (nSPS) is 13.2. The van der Waals surface area contributed by atoms with E-state index in [9.17, 15) is 19.2 Å². The molecule has 1 aromatic heterocycles. The molecule has 2 amide bonds. The molecule has 0 saturated heterocycles. The van der Waals surface area contributed by atoms with Gasteiger partial charge in [0.2, 0.25) is 17.3 Å². The highest BCUT2D eigenvalue weighted by Crippen LogP contribution is 2.30. The van der Waals surface area contributed by atoms with E-state index in [2.05, 4.69) is 20.5 Å². The molecule has 0 aromatic carbocycles. The fraction of sp³-hybridized carbons (Fsp3) is 0.357. The monoisotopic (exact) mass is 353 g/mol. The number of carbonyl (C=O) groups excluding carboxylic acids is 4. The molecule has 2 N–H and O–H groups in total. The molecular weight excluding hydrogens is 338 g/mol. The number of nitrogens with one attached hydrogen (secondary N) is 2. The van der Waals surface area contributed by atoms with Gasteiger partial charge in [-0.15, -0.1) is 11.8 Å². The molecule has 0 unspecified atom stereocenters. The maximum Gasteiger partial charge on any atom is 0.406 e. The molecule has 10 heteroatoms. The molecule has 0 bridgehead atoms. The first-order valence-electron chi connectivity index (χ1n) is 6.96. The predicted octanol–water partition coefficient (Wildman–Crippen LogP) is 0.776. The van der Waals surface area contributed by atoms with Crippen molar-refractivity contribution in [3.05, 3.63) is 28.0 Å². The summed E-state index contributed by atoms with van der Waals surface area (Å²) in [5.41, 5.74) is -0.318. The van der Waals surface area contributed by atoms with Crippen molar-refractivity contribution in [3.63, 3.8) is 0 Å². The zero-order valence-corrected chi connectivity index (χ0v) is 13.8. The molecule has 9 nitrogen and oxygen atoms in total. The van der Waals surface area contributed by atoms with E-state index < -0.39 is 23.6 Å². The Kier molecular flexibility index (Phi) is 5.74. The summed E-state index contributed by atoms with van der Waals surface area (Å²) in [5, 5.41) is 8.36. The van der Waals surface area contributed by atoms with Gasteiger partial charge >= 0.3 is 6.09 Å². The average molecular weight is 353 g/mol. The zero-order chi connectivity index (χ0) is 17.7. The maximum atomic E-state index is 12.5. The van der Waals surface area contributed by atoms with Crippen molar-refractivity contribution < 1.29 is 28.4 Å². The van der Waals surface area contributed by atoms with E-state index in [-0.39, 0.29) is 21.9 Å². The fourth-order valence-electron chi connectivity index (χ4n) is 1.94. The van der Waals surface area contributed by atoms with Crippen molar-refractivity contribution in [2.45, 2.75) is 6.42 Å². The minimum atomic E-state index is -0.602. The van der Waals surface area contributed by atoms with E-state index >= 15 is 0 Å². The van der Waals surface area contributed by atoms with E-state index in [0.717, 1.165) is 11.8 Å². The Balaban J connectivity index is 2.02. The second kappa shape index (κ2) is 7.77. The number of amides is 2. The molecule has 1 heterocycles. The molecule has 2 rings (SSSR count). The van der Waals surface area contributed by atoms with Crippen molar-refractivity contribution >= 4 is 35.3 Å². The van der Waals surface area contributed by atoms with Crippen molar-refractivity contribution in [3.8, 4) is 0 Å². The molecule has 0 spiro atoms. The lowest BCUT2D eigenvalue weighted by Gasteiger charge is -2.10. The summed E-state index contributed by atoms with van der Waals surface area (Å²) in [6.45, 7) is 0.372. The summed E-state index contributed by atoms with van der Waals surface area (Å²) in [4.78, 5) is 47.3. The summed E-state index contributed by atoms with van der Waals surface area (Å²) >= 11 is 1.16. The summed E-state index contributed by atoms with van der Waals surface area (Å²) in [6.07, 6.45) is 1.20. The molecule has 24 heavy (non-hydrogen) atoms. The highest BCUT2D eigenvalue weighted by molar-refractivity contribution is 8.04. The van der Waals surface area contributed by atoms with Crippen LogP contribution >= 0.6 is 11.8 Å². The third-order valence-corrected chi connectivity index (χ3v) is 4.21. The van der Waals surface area contributed by atoms with Crippen molar-refractivity contribution in [1.82, 2.24) is 15.8 Å². The molecule has 1 aliphatic rings. The highest BCUT2D eigenvalue weighted by Gasteiger charge is 2.35. The number of alkyl carbamates (subject to hydrolysis) is 1. The van der Waals surface area contributed by atoms with Crippen LogP contribution in [0.15, 0.2) is 15.5 Å². The lowest BCUT2D eigenvalue weighted by Crippen LogP contribution is -2.24. The third-order valence-electron chi connectivity index (χ3n) is 3.10. The Morgan fingerprint density at radius 3 is 2.79 bits per heavy atom. The van der Waals surface area contributed by atoms with E-state index in [4.69, 9.17) is 4.52 Å². The SMILES string of the molecule is CNC(=O)c1noc2c1C(=O)C(SCCCNC(=O)OC)=CC2=O. The second-order valence-electron chi connectivity index (χ2n) is 4.64. The minimum Gasteiger partial charge on any atom is -0.453 e. The van der Waals surface area contributed by atoms with Gasteiger partial charge in [-0.05, 0) is 12.2 Å². The van der Waals surface area contributed by atoms with Crippen LogP contribution < -0.4 is 10.6 Å². The van der Waals surface area contributed by atoms with Crippen LogP contribution in [0.4, 0.5) is 4.79 Å². The molecule has 1 aromatic rings. The van der Waals surface area contributed by atoms with Crippen molar-refractivity contribution in [2.75, 3.05) is 26.5 Å². The quantitative estimate of drug-likeness (QED) is 0.718. The molecule has 128 valence electrons. The first kappa shape index (κ1) is 17.7. The molecule has 1 aliphatic carbocycles. The van der Waals surface area contributed by atoms with Crippen molar-refractivity contribution in [1.29, 1.82) is 0 Å². The summed E-state index contributed by atoms with van der Waals surface area (Å²) in [5.74, 6) is -1.33. The first-order chi connectivity index (χ1) is 11.5. The van der Waals surface area contributed by atoms with Crippen LogP contribution in [0, 0.1) is 0 Å². The molecule has 0 aliphatic heterocycles. The third kappa shape index (κ3) is 3.65. The summed E-state index contributed by atoms with van der Waals surface area (Å²) < 4.78 is 9.26.